The lowest BCUT2D eigenvalue weighted by Crippen LogP contribution is -2.14. The molecule has 34 heavy (non-hydrogen) atoms. The van der Waals surface area contributed by atoms with Crippen LogP contribution in [0.3, 0.4) is 0 Å². The molecule has 8 nitrogen and oxygen atoms in total. The summed E-state index contributed by atoms with van der Waals surface area (Å²) in [7, 11) is 0. The monoisotopic (exact) mass is 464 g/mol. The maximum absolute atomic E-state index is 12.3. The number of ether oxygens (including phenoxy) is 4. The molecule has 2 aromatic rings. The van der Waals surface area contributed by atoms with Crippen LogP contribution in [0.25, 0.3) is 10.8 Å². The van der Waals surface area contributed by atoms with E-state index in [1.807, 2.05) is 0 Å². The average Bonchev–Trinajstić information content (AvgIpc) is 2.75. The number of fused-ring (bicyclic) bond motifs is 1. The second kappa shape index (κ2) is 10.4. The minimum atomic E-state index is -0.755. The van der Waals surface area contributed by atoms with E-state index in [-0.39, 0.29) is 56.1 Å². The molecule has 0 N–H and O–H groups in total. The van der Waals surface area contributed by atoms with Gasteiger partial charge in [0.25, 0.3) is 0 Å². The highest BCUT2D eigenvalue weighted by Crippen LogP contribution is 2.45. The molecule has 0 aliphatic heterocycles. The fourth-order valence-corrected chi connectivity index (χ4v) is 2.46. The lowest BCUT2D eigenvalue weighted by molar-refractivity contribution is -0.131. The normalized spacial score (nSPS) is 10.1. The summed E-state index contributed by atoms with van der Waals surface area (Å²) in [6, 6.07) is 5.36. The molecule has 0 saturated heterocycles. The quantitative estimate of drug-likeness (QED) is 0.313. The van der Waals surface area contributed by atoms with Gasteiger partial charge in [-0.1, -0.05) is 26.3 Å². The van der Waals surface area contributed by atoms with E-state index >= 15 is 0 Å². The van der Waals surface area contributed by atoms with Crippen molar-refractivity contribution in [2.24, 2.45) is 0 Å². The molecule has 0 spiro atoms. The third kappa shape index (κ3) is 5.86. The molecular formula is C26H24O8. The Kier molecular flexibility index (Phi) is 7.92. The lowest BCUT2D eigenvalue weighted by Gasteiger charge is -2.17. The van der Waals surface area contributed by atoms with Gasteiger partial charge >= 0.3 is 23.9 Å². The van der Waals surface area contributed by atoms with Crippen molar-refractivity contribution >= 4 is 34.6 Å². The summed E-state index contributed by atoms with van der Waals surface area (Å²) in [5.74, 6) is -3.26. The lowest BCUT2D eigenvalue weighted by atomic mass is 10.1. The molecule has 0 bridgehead atoms. The predicted octanol–water partition coefficient (Wildman–Crippen LogP) is 4.77. The first kappa shape index (κ1) is 25.8. The van der Waals surface area contributed by atoms with E-state index < -0.39 is 23.9 Å². The van der Waals surface area contributed by atoms with Crippen molar-refractivity contribution in [3.8, 4) is 23.0 Å². The first-order valence-electron chi connectivity index (χ1n) is 9.94. The summed E-state index contributed by atoms with van der Waals surface area (Å²) < 4.78 is 21.7. The van der Waals surface area contributed by atoms with Crippen LogP contribution in [0, 0.1) is 0 Å². The highest BCUT2D eigenvalue weighted by Gasteiger charge is 2.24. The number of hydrogen-bond donors (Lipinski definition) is 0. The molecule has 0 fully saturated rings. The minimum Gasteiger partial charge on any atom is -0.422 e. The smallest absolute Gasteiger partial charge is 0.338 e. The molecule has 0 radical (unpaired) electrons. The van der Waals surface area contributed by atoms with E-state index in [2.05, 4.69) is 26.3 Å². The standard InChI is InChI=1S/C26H24O8/c1-13(2)23(27)31-17-9-10-19(33-25(29)15(5)6)22-20(34-26(30)16(7)8)12-11-18(21(17)22)32-24(28)14(3)4/h9-12H,1,3,5,7H2,2,4,6,8H3. The number of carbonyl (C=O) groups excluding carboxylic acids is 4. The molecule has 0 aromatic heterocycles. The summed E-state index contributed by atoms with van der Waals surface area (Å²) in [4.78, 5) is 49.1. The second-order valence-corrected chi connectivity index (χ2v) is 7.55. The van der Waals surface area contributed by atoms with Crippen LogP contribution < -0.4 is 18.9 Å². The first-order valence-corrected chi connectivity index (χ1v) is 9.94. The third-order valence-electron chi connectivity index (χ3n) is 4.21. The molecule has 176 valence electrons. The van der Waals surface area contributed by atoms with Crippen molar-refractivity contribution in [3.63, 3.8) is 0 Å². The van der Waals surface area contributed by atoms with Gasteiger partial charge in [-0.25, -0.2) is 19.2 Å². The van der Waals surface area contributed by atoms with Gasteiger partial charge in [-0.3, -0.25) is 0 Å². The third-order valence-corrected chi connectivity index (χ3v) is 4.21. The number of rotatable bonds is 8. The Hall–Kier alpha value is -4.46. The summed E-state index contributed by atoms with van der Waals surface area (Å²) in [5.41, 5.74) is 0.431. The maximum atomic E-state index is 12.3. The van der Waals surface area contributed by atoms with Gasteiger partial charge in [0.1, 0.15) is 23.0 Å². The Balaban J connectivity index is 2.91. The van der Waals surface area contributed by atoms with Crippen LogP contribution in [0.5, 0.6) is 23.0 Å². The summed E-state index contributed by atoms with van der Waals surface area (Å²) in [5, 5.41) is 0.0615. The summed E-state index contributed by atoms with van der Waals surface area (Å²) in [6.07, 6.45) is 0. The highest BCUT2D eigenvalue weighted by atomic mass is 16.6. The predicted molar refractivity (Wildman–Crippen MR) is 126 cm³/mol. The van der Waals surface area contributed by atoms with Crippen LogP contribution >= 0.6 is 0 Å². The van der Waals surface area contributed by atoms with E-state index in [4.69, 9.17) is 18.9 Å². The van der Waals surface area contributed by atoms with Crippen LogP contribution in [0.4, 0.5) is 0 Å². The van der Waals surface area contributed by atoms with E-state index in [0.29, 0.717) is 0 Å². The zero-order chi connectivity index (χ0) is 25.7. The SMILES string of the molecule is C=C(C)C(=O)Oc1ccc(OC(=O)C(=C)C)c2c(OC(=O)C(=C)C)ccc(OC(=O)C(=C)C)c12. The highest BCUT2D eigenvalue weighted by molar-refractivity contribution is 6.07. The van der Waals surface area contributed by atoms with Gasteiger partial charge in [0.15, 0.2) is 0 Å². The van der Waals surface area contributed by atoms with Crippen molar-refractivity contribution in [2.75, 3.05) is 0 Å². The zero-order valence-corrected chi connectivity index (χ0v) is 19.4. The van der Waals surface area contributed by atoms with Crippen molar-refractivity contribution in [1.29, 1.82) is 0 Å². The van der Waals surface area contributed by atoms with Crippen LogP contribution in [-0.4, -0.2) is 23.9 Å². The molecule has 2 aromatic carbocycles. The van der Waals surface area contributed by atoms with Gasteiger partial charge in [-0.2, -0.15) is 0 Å². The van der Waals surface area contributed by atoms with Crippen molar-refractivity contribution in [1.82, 2.24) is 0 Å². The molecule has 0 aliphatic rings. The largest absolute Gasteiger partial charge is 0.422 e. The Labute approximate surface area is 196 Å². The van der Waals surface area contributed by atoms with Gasteiger partial charge in [0.05, 0.1) is 10.8 Å². The molecule has 0 aliphatic carbocycles. The van der Waals surface area contributed by atoms with E-state index in [1.54, 1.807) is 0 Å². The van der Waals surface area contributed by atoms with Gasteiger partial charge < -0.3 is 18.9 Å². The molecule has 8 heteroatoms. The fraction of sp³-hybridized carbons (Fsp3) is 0.154. The van der Waals surface area contributed by atoms with Crippen molar-refractivity contribution in [3.05, 3.63) is 72.9 Å². The van der Waals surface area contributed by atoms with E-state index in [0.717, 1.165) is 0 Å². The van der Waals surface area contributed by atoms with Crippen LogP contribution in [0.15, 0.2) is 72.9 Å². The van der Waals surface area contributed by atoms with E-state index in [1.165, 1.54) is 52.0 Å². The molecule has 0 unspecified atom stereocenters. The van der Waals surface area contributed by atoms with Crippen molar-refractivity contribution in [2.45, 2.75) is 27.7 Å². The molecular weight excluding hydrogens is 440 g/mol. The maximum Gasteiger partial charge on any atom is 0.338 e. The van der Waals surface area contributed by atoms with Crippen LogP contribution in [0.2, 0.25) is 0 Å². The fourth-order valence-electron chi connectivity index (χ4n) is 2.46. The summed E-state index contributed by atoms with van der Waals surface area (Å²) >= 11 is 0. The second-order valence-electron chi connectivity index (χ2n) is 7.55. The number of esters is 4. The van der Waals surface area contributed by atoms with Crippen molar-refractivity contribution < 1.29 is 38.1 Å². The number of benzene rings is 2. The first-order chi connectivity index (χ1) is 15.8. The Morgan fingerprint density at radius 1 is 0.471 bits per heavy atom. The van der Waals surface area contributed by atoms with Gasteiger partial charge in [0.2, 0.25) is 0 Å². The van der Waals surface area contributed by atoms with Crippen LogP contribution in [-0.2, 0) is 19.2 Å². The molecule has 0 saturated carbocycles. The molecule has 2 rings (SSSR count). The molecule has 0 atom stereocenters. The van der Waals surface area contributed by atoms with Gasteiger partial charge in [-0.15, -0.1) is 0 Å². The average molecular weight is 464 g/mol. The van der Waals surface area contributed by atoms with E-state index in [9.17, 15) is 19.2 Å². The Bertz CT molecular complexity index is 1090. The van der Waals surface area contributed by atoms with Gasteiger partial charge in [-0.05, 0) is 52.0 Å². The molecule has 0 amide bonds. The topological polar surface area (TPSA) is 105 Å². The Morgan fingerprint density at radius 2 is 0.647 bits per heavy atom. The zero-order valence-electron chi connectivity index (χ0n) is 19.4. The number of hydrogen-bond acceptors (Lipinski definition) is 8. The molecule has 0 heterocycles. The number of carbonyl (C=O) groups is 4. The summed E-state index contributed by atoms with van der Waals surface area (Å²) in [6.45, 7) is 20.0. The minimum absolute atomic E-state index is 0.0308. The Morgan fingerprint density at radius 3 is 0.794 bits per heavy atom. The van der Waals surface area contributed by atoms with Gasteiger partial charge in [0, 0.05) is 22.3 Å². The van der Waals surface area contributed by atoms with Crippen LogP contribution in [0.1, 0.15) is 27.7 Å².